The standard InChI is InChI=1S/C37H37Cl3N6O3/c1-49-37-22(17-41-18-24-6-9-32(47)43-24)5-8-31(45-37)28-4-2-3-26(34(28)39)27-11-13-42-36(35(27)40)23-15-21-12-14-46(20-29(21)30(38)16-23)19-25-7-10-33(48)44-25/h2-5,8,11,13,15-16,24-25,41H,6-7,9-10,12,14,17-20H2,1H3,(H,43,47)(H,44,48)/t24-,25+/m0/s1. The van der Waals surface area contributed by atoms with E-state index in [0.29, 0.717) is 58.3 Å². The number of aromatic nitrogens is 2. The van der Waals surface area contributed by atoms with Crippen molar-refractivity contribution in [3.05, 3.63) is 86.5 Å². The summed E-state index contributed by atoms with van der Waals surface area (Å²) < 4.78 is 5.65. The number of rotatable bonds is 10. The monoisotopic (exact) mass is 718 g/mol. The first-order valence-electron chi connectivity index (χ1n) is 16.6. The lowest BCUT2D eigenvalue weighted by atomic mass is 9.94. The Morgan fingerprint density at radius 3 is 2.43 bits per heavy atom. The van der Waals surface area contributed by atoms with E-state index in [0.717, 1.165) is 72.3 Å². The van der Waals surface area contributed by atoms with Crippen LogP contribution in [0.4, 0.5) is 0 Å². The summed E-state index contributed by atoms with van der Waals surface area (Å²) in [5, 5.41) is 11.1. The second kappa shape index (κ2) is 14.6. The van der Waals surface area contributed by atoms with Gasteiger partial charge in [0, 0.05) is 96.7 Å². The summed E-state index contributed by atoms with van der Waals surface area (Å²) in [7, 11) is 1.60. The van der Waals surface area contributed by atoms with Crippen LogP contribution in [0.1, 0.15) is 42.4 Å². The average molecular weight is 720 g/mol. The van der Waals surface area contributed by atoms with E-state index < -0.39 is 0 Å². The van der Waals surface area contributed by atoms with Gasteiger partial charge in [0.2, 0.25) is 17.7 Å². The van der Waals surface area contributed by atoms with E-state index in [1.165, 1.54) is 5.56 Å². The SMILES string of the molecule is COc1nc(-c2cccc(-c3ccnc(-c4cc(Cl)c5c(c4)CCN(C[C@H]4CCC(=O)N4)C5)c3Cl)c2Cl)ccc1CNC[C@@H]1CCC(=O)N1. The van der Waals surface area contributed by atoms with Crippen LogP contribution in [0.25, 0.3) is 33.6 Å². The Kier molecular flexibility index (Phi) is 10.1. The minimum atomic E-state index is 0.0999. The molecular weight excluding hydrogens is 683 g/mol. The quantitative estimate of drug-likeness (QED) is 0.173. The third-order valence-corrected chi connectivity index (χ3v) is 10.7. The number of carbonyl (C=O) groups is 2. The van der Waals surface area contributed by atoms with Crippen molar-refractivity contribution in [1.29, 1.82) is 0 Å². The fourth-order valence-electron chi connectivity index (χ4n) is 7.03. The molecule has 0 aliphatic carbocycles. The molecule has 5 heterocycles. The van der Waals surface area contributed by atoms with Gasteiger partial charge in [-0.2, -0.15) is 0 Å². The third kappa shape index (κ3) is 7.28. The van der Waals surface area contributed by atoms with E-state index >= 15 is 0 Å². The molecule has 0 radical (unpaired) electrons. The summed E-state index contributed by atoms with van der Waals surface area (Å²) >= 11 is 21.1. The number of benzene rings is 2. The largest absolute Gasteiger partial charge is 0.481 e. The minimum absolute atomic E-state index is 0.0999. The van der Waals surface area contributed by atoms with Crippen LogP contribution in [-0.4, -0.2) is 65.5 Å². The fourth-order valence-corrected chi connectivity index (χ4v) is 7.97. The van der Waals surface area contributed by atoms with Crippen molar-refractivity contribution in [1.82, 2.24) is 30.8 Å². The number of pyridine rings is 2. The molecule has 2 fully saturated rings. The molecule has 0 unspecified atom stereocenters. The van der Waals surface area contributed by atoms with E-state index in [-0.39, 0.29) is 23.9 Å². The molecule has 2 amide bonds. The zero-order chi connectivity index (χ0) is 34.1. The van der Waals surface area contributed by atoms with Crippen LogP contribution in [0.2, 0.25) is 15.1 Å². The van der Waals surface area contributed by atoms with E-state index in [1.54, 1.807) is 13.3 Å². The summed E-state index contributed by atoms with van der Waals surface area (Å²) in [4.78, 5) is 35.0. The van der Waals surface area contributed by atoms with Crippen LogP contribution in [0.15, 0.2) is 54.7 Å². The summed E-state index contributed by atoms with van der Waals surface area (Å²) in [6.07, 6.45) is 5.47. The number of hydrogen-bond acceptors (Lipinski definition) is 7. The maximum atomic E-state index is 11.7. The molecular formula is C37H37Cl3N6O3. The summed E-state index contributed by atoms with van der Waals surface area (Å²) in [5.41, 5.74) is 7.62. The number of nitrogens with zero attached hydrogens (tertiary/aromatic N) is 3. The molecule has 9 nitrogen and oxygen atoms in total. The topological polar surface area (TPSA) is 108 Å². The van der Waals surface area contributed by atoms with Gasteiger partial charge >= 0.3 is 0 Å². The summed E-state index contributed by atoms with van der Waals surface area (Å²) in [6.45, 7) is 3.68. The van der Waals surface area contributed by atoms with E-state index in [4.69, 9.17) is 44.5 Å². The predicted octanol–water partition coefficient (Wildman–Crippen LogP) is 6.45. The second-order valence-corrected chi connectivity index (χ2v) is 14.0. The lowest BCUT2D eigenvalue weighted by Crippen LogP contribution is -2.41. The number of nitrogens with one attached hydrogen (secondary N) is 3. The molecule has 4 aromatic rings. The van der Waals surface area contributed by atoms with Gasteiger partial charge in [-0.1, -0.05) is 59.1 Å². The molecule has 2 saturated heterocycles. The number of amides is 2. The number of ether oxygens (including phenoxy) is 1. The summed E-state index contributed by atoms with van der Waals surface area (Å²) in [5.74, 6) is 0.736. The van der Waals surface area contributed by atoms with Crippen LogP contribution in [0.5, 0.6) is 5.88 Å². The Morgan fingerprint density at radius 2 is 1.67 bits per heavy atom. The Morgan fingerprint density at radius 1 is 0.918 bits per heavy atom. The highest BCUT2D eigenvalue weighted by atomic mass is 35.5. The van der Waals surface area contributed by atoms with Crippen LogP contribution in [0, 0.1) is 0 Å². The van der Waals surface area contributed by atoms with Gasteiger partial charge in [-0.05, 0) is 54.7 Å². The molecule has 2 aromatic carbocycles. The number of fused-ring (bicyclic) bond motifs is 1. The van der Waals surface area contributed by atoms with Crippen molar-refractivity contribution in [3.63, 3.8) is 0 Å². The van der Waals surface area contributed by atoms with Crippen molar-refractivity contribution in [2.24, 2.45) is 0 Å². The third-order valence-electron chi connectivity index (χ3n) is 9.58. The zero-order valence-corrected chi connectivity index (χ0v) is 29.4. The zero-order valence-electron chi connectivity index (χ0n) is 27.1. The highest BCUT2D eigenvalue weighted by Gasteiger charge is 2.27. The van der Waals surface area contributed by atoms with Crippen molar-refractivity contribution < 1.29 is 14.3 Å². The fraction of sp³-hybridized carbons (Fsp3) is 0.351. The molecule has 7 rings (SSSR count). The van der Waals surface area contributed by atoms with Gasteiger partial charge in [0.15, 0.2) is 0 Å². The average Bonchev–Trinajstić information content (AvgIpc) is 3.72. The lowest BCUT2D eigenvalue weighted by Gasteiger charge is -2.31. The van der Waals surface area contributed by atoms with Crippen molar-refractivity contribution in [2.45, 2.75) is 57.3 Å². The Bertz CT molecular complexity index is 1920. The van der Waals surface area contributed by atoms with Gasteiger partial charge in [0.1, 0.15) is 0 Å². The number of hydrogen-bond donors (Lipinski definition) is 3. The molecule has 3 N–H and O–H groups in total. The first kappa shape index (κ1) is 33.8. The molecule has 0 spiro atoms. The predicted molar refractivity (Wildman–Crippen MR) is 193 cm³/mol. The number of halogens is 3. The van der Waals surface area contributed by atoms with E-state index in [2.05, 4.69) is 31.9 Å². The molecule has 254 valence electrons. The smallest absolute Gasteiger partial charge is 0.220 e. The molecule has 12 heteroatoms. The van der Waals surface area contributed by atoms with Gasteiger partial charge in [-0.15, -0.1) is 0 Å². The molecule has 0 saturated carbocycles. The first-order valence-corrected chi connectivity index (χ1v) is 17.7. The van der Waals surface area contributed by atoms with Crippen LogP contribution < -0.4 is 20.7 Å². The maximum Gasteiger partial charge on any atom is 0.220 e. The maximum absolute atomic E-state index is 11.7. The Balaban J connectivity index is 1.11. The van der Waals surface area contributed by atoms with Crippen molar-refractivity contribution in [2.75, 3.05) is 26.7 Å². The van der Waals surface area contributed by atoms with Gasteiger partial charge in [-0.3, -0.25) is 19.5 Å². The molecule has 3 aliphatic rings. The normalized spacial score (nSPS) is 19.1. The molecule has 3 aliphatic heterocycles. The van der Waals surface area contributed by atoms with E-state index in [1.807, 2.05) is 42.5 Å². The minimum Gasteiger partial charge on any atom is -0.481 e. The summed E-state index contributed by atoms with van der Waals surface area (Å²) in [6, 6.07) is 16.0. The number of carbonyl (C=O) groups excluding carboxylic acids is 2. The second-order valence-electron chi connectivity index (χ2n) is 12.9. The van der Waals surface area contributed by atoms with E-state index in [9.17, 15) is 9.59 Å². The lowest BCUT2D eigenvalue weighted by molar-refractivity contribution is -0.120. The van der Waals surface area contributed by atoms with Gasteiger partial charge in [-0.25, -0.2) is 4.98 Å². The number of methoxy groups -OCH3 is 1. The molecule has 49 heavy (non-hydrogen) atoms. The van der Waals surface area contributed by atoms with Crippen molar-refractivity contribution >= 4 is 46.6 Å². The first-order chi connectivity index (χ1) is 23.8. The molecule has 2 aromatic heterocycles. The molecule has 2 atom stereocenters. The van der Waals surface area contributed by atoms with Gasteiger partial charge < -0.3 is 20.7 Å². The van der Waals surface area contributed by atoms with Crippen molar-refractivity contribution in [3.8, 4) is 39.5 Å². The van der Waals surface area contributed by atoms with Gasteiger partial charge in [0.05, 0.1) is 28.5 Å². The van der Waals surface area contributed by atoms with Crippen LogP contribution in [-0.2, 0) is 29.1 Å². The van der Waals surface area contributed by atoms with Crippen LogP contribution >= 0.6 is 34.8 Å². The van der Waals surface area contributed by atoms with Gasteiger partial charge in [0.25, 0.3) is 0 Å². The highest BCUT2D eigenvalue weighted by molar-refractivity contribution is 6.39. The Labute approximate surface area is 300 Å². The highest BCUT2D eigenvalue weighted by Crippen LogP contribution is 2.43. The Hall–Kier alpha value is -3.73. The molecule has 0 bridgehead atoms. The van der Waals surface area contributed by atoms with Crippen LogP contribution in [0.3, 0.4) is 0 Å².